The van der Waals surface area contributed by atoms with Crippen molar-refractivity contribution < 1.29 is 36.2 Å². The predicted molar refractivity (Wildman–Crippen MR) is 74.1 cm³/mol. The third kappa shape index (κ3) is 2.94. The van der Waals surface area contributed by atoms with E-state index in [4.69, 9.17) is 10.00 Å². The van der Waals surface area contributed by atoms with Crippen LogP contribution in [-0.4, -0.2) is 16.3 Å². The lowest BCUT2D eigenvalue weighted by atomic mass is 10.1. The molecule has 4 nitrogen and oxygen atoms in total. The summed E-state index contributed by atoms with van der Waals surface area (Å²) in [6.07, 6.45) is -12.2. The Kier molecular flexibility index (Phi) is 4.28. The maximum Gasteiger partial charge on any atom is 0.433 e. The Morgan fingerprint density at radius 2 is 1.85 bits per heavy atom. The molecule has 2 unspecified atom stereocenters. The number of ether oxygens (including phenoxy) is 1. The summed E-state index contributed by atoms with van der Waals surface area (Å²) in [7, 11) is 0. The molecular formula is C16H8F6N2O2. The molecule has 1 heterocycles. The second kappa shape index (κ2) is 6.17. The second-order valence-corrected chi connectivity index (χ2v) is 5.48. The lowest BCUT2D eigenvalue weighted by Crippen LogP contribution is -2.16. The molecular weight excluding hydrogens is 366 g/mol. The van der Waals surface area contributed by atoms with Gasteiger partial charge in [0.05, 0.1) is 17.8 Å². The Morgan fingerprint density at radius 3 is 2.46 bits per heavy atom. The van der Waals surface area contributed by atoms with E-state index in [0.29, 0.717) is 6.20 Å². The first kappa shape index (κ1) is 18.0. The first-order chi connectivity index (χ1) is 12.1. The van der Waals surface area contributed by atoms with E-state index >= 15 is 0 Å². The number of hydrogen-bond donors (Lipinski definition) is 1. The maximum absolute atomic E-state index is 14.2. The molecule has 0 aliphatic heterocycles. The number of rotatable bonds is 2. The van der Waals surface area contributed by atoms with Crippen LogP contribution < -0.4 is 4.74 Å². The van der Waals surface area contributed by atoms with Gasteiger partial charge in [-0.15, -0.1) is 0 Å². The van der Waals surface area contributed by atoms with E-state index in [0.717, 1.165) is 18.2 Å². The largest absolute Gasteiger partial charge is 0.455 e. The van der Waals surface area contributed by atoms with Crippen LogP contribution in [0.4, 0.5) is 26.3 Å². The van der Waals surface area contributed by atoms with Crippen LogP contribution in [-0.2, 0) is 6.18 Å². The number of aliphatic hydroxyl groups excluding tert-OH is 1. The molecule has 0 bridgehead atoms. The minimum absolute atomic E-state index is 0.156. The smallest absolute Gasteiger partial charge is 0.433 e. The highest BCUT2D eigenvalue weighted by Crippen LogP contribution is 2.51. The van der Waals surface area contributed by atoms with Gasteiger partial charge in [-0.1, -0.05) is 0 Å². The average molecular weight is 374 g/mol. The number of hydrogen-bond acceptors (Lipinski definition) is 4. The van der Waals surface area contributed by atoms with Gasteiger partial charge in [0.25, 0.3) is 0 Å². The van der Waals surface area contributed by atoms with Crippen LogP contribution in [0.5, 0.6) is 11.5 Å². The molecule has 0 saturated carbocycles. The number of nitriles is 1. The van der Waals surface area contributed by atoms with E-state index < -0.39 is 53.0 Å². The van der Waals surface area contributed by atoms with E-state index in [-0.39, 0.29) is 11.3 Å². The highest BCUT2D eigenvalue weighted by atomic mass is 19.4. The minimum Gasteiger partial charge on any atom is -0.455 e. The Balaban J connectivity index is 2.14. The molecule has 1 N–H and O–H groups in total. The summed E-state index contributed by atoms with van der Waals surface area (Å²) in [5.74, 6) is -1.82. The average Bonchev–Trinajstić information content (AvgIpc) is 2.79. The standard InChI is InChI=1S/C16H8F6N2O2/c17-7-1-6(4-23)2-8(3-7)26-9-5-24-15(16(20,21)22)11-10(9)12(18)13(19)14(11)25/h1-3,5,12-14,25H/t12-,13?,14?/m1/s1. The molecule has 2 aromatic rings. The summed E-state index contributed by atoms with van der Waals surface area (Å²) in [5.41, 5.74) is -3.70. The van der Waals surface area contributed by atoms with Gasteiger partial charge in [-0.3, -0.25) is 0 Å². The second-order valence-electron chi connectivity index (χ2n) is 5.48. The van der Waals surface area contributed by atoms with E-state index in [9.17, 15) is 31.4 Å². The van der Waals surface area contributed by atoms with Crippen LogP contribution in [0.2, 0.25) is 0 Å². The van der Waals surface area contributed by atoms with Crippen molar-refractivity contribution in [3.63, 3.8) is 0 Å². The summed E-state index contributed by atoms with van der Waals surface area (Å²) < 4.78 is 85.7. The molecule has 0 amide bonds. The molecule has 1 aliphatic rings. The Morgan fingerprint density at radius 1 is 1.15 bits per heavy atom. The molecule has 10 heteroatoms. The summed E-state index contributed by atoms with van der Waals surface area (Å²) in [6.45, 7) is 0. The number of alkyl halides is 5. The fraction of sp³-hybridized carbons (Fsp3) is 0.250. The van der Waals surface area contributed by atoms with Gasteiger partial charge in [-0.2, -0.15) is 18.4 Å². The van der Waals surface area contributed by atoms with Gasteiger partial charge < -0.3 is 9.84 Å². The van der Waals surface area contributed by atoms with Crippen molar-refractivity contribution in [2.24, 2.45) is 0 Å². The van der Waals surface area contributed by atoms with E-state index in [1.165, 1.54) is 0 Å². The Labute approximate surface area is 142 Å². The topological polar surface area (TPSA) is 66.1 Å². The number of pyridine rings is 1. The van der Waals surface area contributed by atoms with Gasteiger partial charge >= 0.3 is 6.18 Å². The van der Waals surface area contributed by atoms with Gasteiger partial charge in [0.2, 0.25) is 0 Å². The summed E-state index contributed by atoms with van der Waals surface area (Å²) in [6, 6.07) is 4.37. The Bertz CT molecular complexity index is 909. The zero-order valence-electron chi connectivity index (χ0n) is 12.6. The summed E-state index contributed by atoms with van der Waals surface area (Å²) >= 11 is 0. The molecule has 136 valence electrons. The monoisotopic (exact) mass is 374 g/mol. The highest BCUT2D eigenvalue weighted by Gasteiger charge is 2.50. The van der Waals surface area contributed by atoms with Crippen LogP contribution in [0, 0.1) is 17.1 Å². The number of fused-ring (bicyclic) bond motifs is 1. The normalized spacial score (nSPS) is 22.0. The fourth-order valence-electron chi connectivity index (χ4n) is 2.71. The van der Waals surface area contributed by atoms with Crippen molar-refractivity contribution in [3.05, 3.63) is 52.6 Å². The third-order valence-corrected chi connectivity index (χ3v) is 3.77. The zero-order valence-corrected chi connectivity index (χ0v) is 12.6. The van der Waals surface area contributed by atoms with Gasteiger partial charge in [-0.05, 0) is 12.1 Å². The van der Waals surface area contributed by atoms with E-state index in [1.807, 2.05) is 0 Å². The van der Waals surface area contributed by atoms with Gasteiger partial charge in [0, 0.05) is 17.2 Å². The van der Waals surface area contributed by atoms with Crippen molar-refractivity contribution in [1.29, 1.82) is 5.26 Å². The van der Waals surface area contributed by atoms with Crippen LogP contribution in [0.3, 0.4) is 0 Å². The van der Waals surface area contributed by atoms with Gasteiger partial charge in [0.15, 0.2) is 23.8 Å². The lowest BCUT2D eigenvalue weighted by molar-refractivity contribution is -0.143. The SMILES string of the molecule is N#Cc1cc(F)cc(Oc2cnc(C(F)(F)F)c3c2[C@@H](F)C(F)C3O)c1. The molecule has 1 aliphatic carbocycles. The number of aliphatic hydroxyl groups is 1. The van der Waals surface area contributed by atoms with Crippen LogP contribution in [0.15, 0.2) is 24.4 Å². The molecule has 0 radical (unpaired) electrons. The van der Waals surface area contributed by atoms with Crippen LogP contribution in [0.25, 0.3) is 0 Å². The van der Waals surface area contributed by atoms with E-state index in [2.05, 4.69) is 4.98 Å². The minimum atomic E-state index is -5.06. The van der Waals surface area contributed by atoms with Gasteiger partial charge in [-0.25, -0.2) is 18.2 Å². The molecule has 0 spiro atoms. The van der Waals surface area contributed by atoms with Gasteiger partial charge in [0.1, 0.15) is 17.7 Å². The molecule has 0 fully saturated rings. The van der Waals surface area contributed by atoms with Crippen molar-refractivity contribution in [2.45, 2.75) is 24.6 Å². The zero-order chi connectivity index (χ0) is 19.2. The molecule has 3 rings (SSSR count). The van der Waals surface area contributed by atoms with Crippen molar-refractivity contribution in [2.75, 3.05) is 0 Å². The van der Waals surface area contributed by atoms with Crippen molar-refractivity contribution >= 4 is 0 Å². The maximum atomic E-state index is 14.2. The van der Waals surface area contributed by atoms with Crippen molar-refractivity contribution in [3.8, 4) is 17.6 Å². The number of benzene rings is 1. The van der Waals surface area contributed by atoms with Crippen LogP contribution >= 0.6 is 0 Å². The van der Waals surface area contributed by atoms with E-state index in [1.54, 1.807) is 6.07 Å². The molecule has 26 heavy (non-hydrogen) atoms. The third-order valence-electron chi connectivity index (χ3n) is 3.77. The summed E-state index contributed by atoms with van der Waals surface area (Å²) in [4.78, 5) is 3.10. The number of aromatic nitrogens is 1. The molecule has 1 aromatic heterocycles. The van der Waals surface area contributed by atoms with Crippen molar-refractivity contribution in [1.82, 2.24) is 4.98 Å². The fourth-order valence-corrected chi connectivity index (χ4v) is 2.71. The molecule has 0 saturated heterocycles. The number of halogens is 6. The first-order valence-corrected chi connectivity index (χ1v) is 7.08. The highest BCUT2D eigenvalue weighted by molar-refractivity contribution is 5.51. The lowest BCUT2D eigenvalue weighted by Gasteiger charge is -2.16. The Hall–Kier alpha value is -2.80. The van der Waals surface area contributed by atoms with Crippen LogP contribution in [0.1, 0.15) is 34.7 Å². The quantitative estimate of drug-likeness (QED) is 0.796. The number of nitrogens with zero attached hydrogens (tertiary/aromatic N) is 2. The summed E-state index contributed by atoms with van der Waals surface area (Å²) in [5, 5.41) is 18.5. The molecule has 3 atom stereocenters. The predicted octanol–water partition coefficient (Wildman–Crippen LogP) is 4.30. The molecule has 1 aromatic carbocycles. The first-order valence-electron chi connectivity index (χ1n) is 7.08.